The van der Waals surface area contributed by atoms with E-state index < -0.39 is 0 Å². The average molecular weight is 277 g/mol. The van der Waals surface area contributed by atoms with Crippen molar-refractivity contribution in [2.24, 2.45) is 0 Å². The molecule has 0 aliphatic carbocycles. The Hall–Kier alpha value is -1.71. The summed E-state index contributed by atoms with van der Waals surface area (Å²) in [5, 5.41) is 0. The second kappa shape index (κ2) is 7.17. The molecule has 0 bridgehead atoms. The first-order valence-electron chi connectivity index (χ1n) is 7.23. The van der Waals surface area contributed by atoms with Crippen molar-refractivity contribution >= 4 is 5.91 Å². The lowest BCUT2D eigenvalue weighted by Crippen LogP contribution is -2.35. The first-order chi connectivity index (χ1) is 9.74. The number of nitrogens with zero attached hydrogens (tertiary/aromatic N) is 1. The third kappa shape index (κ3) is 3.65. The number of hydrogen-bond acceptors (Lipinski definition) is 3. The summed E-state index contributed by atoms with van der Waals surface area (Å²) < 4.78 is 10.6. The third-order valence-electron chi connectivity index (χ3n) is 3.80. The minimum atomic E-state index is 0.245. The fourth-order valence-electron chi connectivity index (χ4n) is 2.62. The highest BCUT2D eigenvalue weighted by molar-refractivity contribution is 5.76. The molecular formula is C16H23NO3. The van der Waals surface area contributed by atoms with E-state index in [9.17, 15) is 4.79 Å². The van der Waals surface area contributed by atoms with Gasteiger partial charge < -0.3 is 14.4 Å². The quantitative estimate of drug-likeness (QED) is 0.830. The first kappa shape index (κ1) is 14.7. The van der Waals surface area contributed by atoms with Gasteiger partial charge in [-0.05, 0) is 49.4 Å². The Labute approximate surface area is 120 Å². The molecule has 4 heteroatoms. The van der Waals surface area contributed by atoms with E-state index in [4.69, 9.17) is 9.47 Å². The summed E-state index contributed by atoms with van der Waals surface area (Å²) in [7, 11) is 3.29. The molecule has 20 heavy (non-hydrogen) atoms. The van der Waals surface area contributed by atoms with E-state index in [0.29, 0.717) is 12.8 Å². The van der Waals surface area contributed by atoms with Crippen LogP contribution in [0.15, 0.2) is 18.2 Å². The van der Waals surface area contributed by atoms with Gasteiger partial charge in [-0.2, -0.15) is 0 Å². The number of carbonyl (C=O) groups is 1. The molecule has 1 heterocycles. The molecule has 1 aliphatic heterocycles. The molecule has 0 aromatic heterocycles. The molecular weight excluding hydrogens is 254 g/mol. The SMILES string of the molecule is COc1ccc(OC)c(CCC(=O)N2CCCCC2)c1. The minimum absolute atomic E-state index is 0.245. The molecule has 1 saturated heterocycles. The smallest absolute Gasteiger partial charge is 0.222 e. The fraction of sp³-hybridized carbons (Fsp3) is 0.562. The second-order valence-corrected chi connectivity index (χ2v) is 5.12. The predicted molar refractivity (Wildman–Crippen MR) is 78.3 cm³/mol. The van der Waals surface area contributed by atoms with Crippen molar-refractivity contribution < 1.29 is 14.3 Å². The number of carbonyl (C=O) groups excluding carboxylic acids is 1. The van der Waals surface area contributed by atoms with Gasteiger partial charge in [0, 0.05) is 19.5 Å². The zero-order valence-corrected chi connectivity index (χ0v) is 12.4. The minimum Gasteiger partial charge on any atom is -0.497 e. The van der Waals surface area contributed by atoms with Crippen molar-refractivity contribution in [2.75, 3.05) is 27.3 Å². The Bertz CT molecular complexity index is 453. The maximum Gasteiger partial charge on any atom is 0.222 e. The molecule has 1 fully saturated rings. The maximum absolute atomic E-state index is 12.2. The van der Waals surface area contributed by atoms with Crippen molar-refractivity contribution in [3.8, 4) is 11.5 Å². The zero-order valence-electron chi connectivity index (χ0n) is 12.4. The van der Waals surface area contributed by atoms with Crippen LogP contribution in [0.25, 0.3) is 0 Å². The van der Waals surface area contributed by atoms with Gasteiger partial charge in [0.2, 0.25) is 5.91 Å². The van der Waals surface area contributed by atoms with Gasteiger partial charge in [0.1, 0.15) is 11.5 Å². The molecule has 4 nitrogen and oxygen atoms in total. The zero-order chi connectivity index (χ0) is 14.4. The Balaban J connectivity index is 1.96. The van der Waals surface area contributed by atoms with Crippen LogP contribution in [0.1, 0.15) is 31.2 Å². The van der Waals surface area contributed by atoms with E-state index in [2.05, 4.69) is 0 Å². The summed E-state index contributed by atoms with van der Waals surface area (Å²) in [5.41, 5.74) is 1.03. The number of methoxy groups -OCH3 is 2. The van der Waals surface area contributed by atoms with Crippen LogP contribution >= 0.6 is 0 Å². The van der Waals surface area contributed by atoms with Crippen LogP contribution in [-0.4, -0.2) is 38.1 Å². The molecule has 1 aromatic carbocycles. The van der Waals surface area contributed by atoms with Crippen molar-refractivity contribution in [3.63, 3.8) is 0 Å². The number of rotatable bonds is 5. The molecule has 0 spiro atoms. The van der Waals surface area contributed by atoms with Crippen LogP contribution in [0.5, 0.6) is 11.5 Å². The maximum atomic E-state index is 12.2. The molecule has 0 N–H and O–H groups in total. The summed E-state index contributed by atoms with van der Waals surface area (Å²) >= 11 is 0. The highest BCUT2D eigenvalue weighted by Gasteiger charge is 2.17. The number of likely N-dealkylation sites (tertiary alicyclic amines) is 1. The van der Waals surface area contributed by atoms with Crippen LogP contribution < -0.4 is 9.47 Å². The van der Waals surface area contributed by atoms with Gasteiger partial charge in [0.15, 0.2) is 0 Å². The van der Waals surface area contributed by atoms with Crippen LogP contribution in [0, 0.1) is 0 Å². The van der Waals surface area contributed by atoms with Crippen LogP contribution in [0.4, 0.5) is 0 Å². The van der Waals surface area contributed by atoms with Crippen LogP contribution in [-0.2, 0) is 11.2 Å². The molecule has 1 amide bonds. The summed E-state index contributed by atoms with van der Waals surface area (Å²) in [6.07, 6.45) is 4.73. The summed E-state index contributed by atoms with van der Waals surface area (Å²) in [4.78, 5) is 14.2. The van der Waals surface area contributed by atoms with Gasteiger partial charge in [-0.1, -0.05) is 0 Å². The van der Waals surface area contributed by atoms with Crippen molar-refractivity contribution in [1.29, 1.82) is 0 Å². The molecule has 0 radical (unpaired) electrons. The Morgan fingerprint density at radius 2 is 1.90 bits per heavy atom. The average Bonchev–Trinajstić information content (AvgIpc) is 2.53. The van der Waals surface area contributed by atoms with Crippen molar-refractivity contribution in [3.05, 3.63) is 23.8 Å². The van der Waals surface area contributed by atoms with E-state index >= 15 is 0 Å². The standard InChI is InChI=1S/C16H23NO3/c1-19-14-7-8-15(20-2)13(12-14)6-9-16(18)17-10-4-3-5-11-17/h7-8,12H,3-6,9-11H2,1-2H3. The highest BCUT2D eigenvalue weighted by Crippen LogP contribution is 2.25. The second-order valence-electron chi connectivity index (χ2n) is 5.12. The number of benzene rings is 1. The molecule has 0 atom stereocenters. The van der Waals surface area contributed by atoms with Gasteiger partial charge in [-0.25, -0.2) is 0 Å². The largest absolute Gasteiger partial charge is 0.497 e. The number of hydrogen-bond donors (Lipinski definition) is 0. The van der Waals surface area contributed by atoms with Crippen molar-refractivity contribution in [1.82, 2.24) is 4.90 Å². The third-order valence-corrected chi connectivity index (χ3v) is 3.80. The van der Waals surface area contributed by atoms with Crippen LogP contribution in [0.2, 0.25) is 0 Å². The summed E-state index contributed by atoms with van der Waals surface area (Å²) in [6.45, 7) is 1.82. The van der Waals surface area contributed by atoms with Gasteiger partial charge in [-0.3, -0.25) is 4.79 Å². The lowest BCUT2D eigenvalue weighted by Gasteiger charge is -2.26. The van der Waals surface area contributed by atoms with Gasteiger partial charge in [0.25, 0.3) is 0 Å². The Morgan fingerprint density at radius 3 is 2.55 bits per heavy atom. The lowest BCUT2D eigenvalue weighted by atomic mass is 10.1. The highest BCUT2D eigenvalue weighted by atomic mass is 16.5. The van der Waals surface area contributed by atoms with Crippen molar-refractivity contribution in [2.45, 2.75) is 32.1 Å². The summed E-state index contributed by atoms with van der Waals surface area (Å²) in [5.74, 6) is 1.86. The topological polar surface area (TPSA) is 38.8 Å². The normalized spacial score (nSPS) is 15.0. The molecule has 0 unspecified atom stereocenters. The molecule has 110 valence electrons. The fourth-order valence-corrected chi connectivity index (χ4v) is 2.62. The molecule has 0 saturated carbocycles. The van der Waals surface area contributed by atoms with E-state index in [0.717, 1.165) is 43.0 Å². The number of aryl methyl sites for hydroxylation is 1. The Morgan fingerprint density at radius 1 is 1.15 bits per heavy atom. The Kier molecular flexibility index (Phi) is 5.27. The molecule has 2 rings (SSSR count). The first-order valence-corrected chi connectivity index (χ1v) is 7.23. The van der Waals surface area contributed by atoms with Gasteiger partial charge in [-0.15, -0.1) is 0 Å². The lowest BCUT2D eigenvalue weighted by molar-refractivity contribution is -0.132. The number of ether oxygens (including phenoxy) is 2. The number of piperidine rings is 1. The summed E-state index contributed by atoms with van der Waals surface area (Å²) in [6, 6.07) is 5.71. The molecule has 1 aromatic rings. The number of amides is 1. The van der Waals surface area contributed by atoms with E-state index in [1.165, 1.54) is 6.42 Å². The monoisotopic (exact) mass is 277 g/mol. The van der Waals surface area contributed by atoms with E-state index in [1.807, 2.05) is 23.1 Å². The van der Waals surface area contributed by atoms with E-state index in [1.54, 1.807) is 14.2 Å². The predicted octanol–water partition coefficient (Wildman–Crippen LogP) is 2.65. The van der Waals surface area contributed by atoms with Crippen LogP contribution in [0.3, 0.4) is 0 Å². The van der Waals surface area contributed by atoms with Gasteiger partial charge in [0.05, 0.1) is 14.2 Å². The molecule has 1 aliphatic rings. The van der Waals surface area contributed by atoms with E-state index in [-0.39, 0.29) is 5.91 Å². The van der Waals surface area contributed by atoms with Gasteiger partial charge >= 0.3 is 0 Å².